The van der Waals surface area contributed by atoms with Crippen molar-refractivity contribution in [3.63, 3.8) is 0 Å². The average molecular weight is 822 g/mol. The predicted octanol–water partition coefficient (Wildman–Crippen LogP) is 9.37. The van der Waals surface area contributed by atoms with Crippen LogP contribution < -0.4 is 28.4 Å². The summed E-state index contributed by atoms with van der Waals surface area (Å²) in [4.78, 5) is 48.1. The first kappa shape index (κ1) is 45.8. The second-order valence-electron chi connectivity index (χ2n) is 13.0. The molecule has 0 saturated carbocycles. The van der Waals surface area contributed by atoms with Crippen molar-refractivity contribution in [3.8, 4) is 40.2 Å². The van der Waals surface area contributed by atoms with E-state index >= 15 is 0 Å². The molecule has 0 aliphatic carbocycles. The molecule has 60 heavy (non-hydrogen) atoms. The van der Waals surface area contributed by atoms with E-state index in [1.54, 1.807) is 54.7 Å². The zero-order valence-corrected chi connectivity index (χ0v) is 33.7. The number of rotatable bonds is 24. The van der Waals surface area contributed by atoms with Crippen molar-refractivity contribution in [2.75, 3.05) is 39.6 Å². The fraction of sp³-hybridized carbons (Fsp3) is 0.298. The van der Waals surface area contributed by atoms with Crippen LogP contribution in [-0.4, -0.2) is 70.6 Å². The molecule has 13 nitrogen and oxygen atoms in total. The third kappa shape index (κ3) is 16.2. The minimum absolute atomic E-state index is 0.307. The normalized spacial score (nSPS) is 11.3. The zero-order valence-electron chi connectivity index (χ0n) is 33.7. The van der Waals surface area contributed by atoms with Gasteiger partial charge in [-0.1, -0.05) is 13.2 Å². The Morgan fingerprint density at radius 3 is 1.68 bits per heavy atom. The van der Waals surface area contributed by atoms with Crippen LogP contribution in [0.1, 0.15) is 67.3 Å². The first-order valence-corrected chi connectivity index (χ1v) is 19.7. The van der Waals surface area contributed by atoms with Crippen LogP contribution in [0.15, 0.2) is 115 Å². The van der Waals surface area contributed by atoms with E-state index < -0.39 is 17.9 Å². The molecule has 4 aromatic carbocycles. The molecule has 0 fully saturated rings. The highest BCUT2D eigenvalue weighted by Gasteiger charge is 2.14. The summed E-state index contributed by atoms with van der Waals surface area (Å²) in [6.07, 6.45) is 11.0. The smallest absolute Gasteiger partial charge is 0.343 e. The van der Waals surface area contributed by atoms with Gasteiger partial charge < -0.3 is 42.7 Å². The fourth-order valence-corrected chi connectivity index (χ4v) is 5.58. The second kappa shape index (κ2) is 26.2. The van der Waals surface area contributed by atoms with E-state index in [1.165, 1.54) is 6.08 Å². The number of fused-ring (bicyclic) bond motifs is 1. The highest BCUT2D eigenvalue weighted by atomic mass is 16.6. The van der Waals surface area contributed by atoms with Crippen molar-refractivity contribution in [2.45, 2.75) is 51.4 Å². The van der Waals surface area contributed by atoms with Gasteiger partial charge in [0.15, 0.2) is 11.5 Å². The molecule has 5 rings (SSSR count). The molecule has 0 radical (unpaired) electrons. The van der Waals surface area contributed by atoms with Gasteiger partial charge in [0, 0.05) is 30.0 Å². The second-order valence-corrected chi connectivity index (χ2v) is 13.0. The Hall–Kier alpha value is -6.89. The van der Waals surface area contributed by atoms with Gasteiger partial charge in [0.25, 0.3) is 0 Å². The molecular formula is C47H51NO12. The van der Waals surface area contributed by atoms with Crippen molar-refractivity contribution in [2.24, 2.45) is 4.99 Å². The van der Waals surface area contributed by atoms with E-state index in [-0.39, 0.29) is 0 Å². The number of unbranched alkanes of at least 4 members (excludes halogenated alkanes) is 6. The lowest BCUT2D eigenvalue weighted by Gasteiger charge is -2.18. The molecule has 0 aromatic heterocycles. The summed E-state index contributed by atoms with van der Waals surface area (Å²) in [5, 5.41) is 0. The number of benzene rings is 4. The van der Waals surface area contributed by atoms with E-state index in [1.807, 2.05) is 43.2 Å². The molecule has 4 aromatic rings. The van der Waals surface area contributed by atoms with Crippen molar-refractivity contribution in [3.05, 3.63) is 121 Å². The number of aliphatic imine (C=N–C) groups is 1. The minimum Gasteiger partial charge on any atom is -0.494 e. The topological polar surface area (TPSA) is 154 Å². The Morgan fingerprint density at radius 1 is 0.583 bits per heavy atom. The summed E-state index contributed by atoms with van der Waals surface area (Å²) in [7, 11) is 0. The third-order valence-electron chi connectivity index (χ3n) is 8.65. The Balaban J connectivity index is 0.00000391. The van der Waals surface area contributed by atoms with Crippen LogP contribution in [0.25, 0.3) is 0 Å². The number of hydrogen-bond acceptors (Lipinski definition) is 13. The SMILES string of the molecule is C=CC(=O)OCCCCCCOc1ccc(Oc2ccc(OC(=O)c3ccc(OCCCCCCOC(=O)C=C)cc3)cc2C=Nc2ccc3c(c2)OCCO3)cc1.C=O. The maximum atomic E-state index is 13.2. The predicted molar refractivity (Wildman–Crippen MR) is 226 cm³/mol. The number of carbonyl (C=O) groups excluding carboxylic acids is 4. The van der Waals surface area contributed by atoms with Crippen LogP contribution in [0, 0.1) is 0 Å². The van der Waals surface area contributed by atoms with Crippen molar-refractivity contribution >= 4 is 36.6 Å². The first-order valence-electron chi connectivity index (χ1n) is 19.7. The van der Waals surface area contributed by atoms with Crippen LogP contribution in [0.5, 0.6) is 40.2 Å². The van der Waals surface area contributed by atoms with E-state index in [0.29, 0.717) is 96.7 Å². The van der Waals surface area contributed by atoms with Gasteiger partial charge in [-0.3, -0.25) is 4.99 Å². The van der Waals surface area contributed by atoms with Gasteiger partial charge in [0.2, 0.25) is 0 Å². The quantitative estimate of drug-likeness (QED) is 0.0217. The standard InChI is InChI=1S/C46H49NO11.CH2O/c1-3-44(48)55-27-11-7-5-9-25-51-37-16-13-34(14-17-37)46(50)58-40-22-24-41(35(31-40)33-47-36-15-23-42-43(32-36)54-30-29-53-42)57-39-20-18-38(19-21-39)52-26-10-6-8-12-28-56-45(49)4-2;1-2/h3-4,13-24,31-33H,1-2,5-12,25-30H2;1H2. The van der Waals surface area contributed by atoms with E-state index in [0.717, 1.165) is 57.4 Å². The number of hydrogen-bond donors (Lipinski definition) is 0. The van der Waals surface area contributed by atoms with E-state index in [9.17, 15) is 14.4 Å². The van der Waals surface area contributed by atoms with Crippen molar-refractivity contribution in [1.82, 2.24) is 0 Å². The molecule has 0 amide bonds. The van der Waals surface area contributed by atoms with Gasteiger partial charge in [-0.05, 0) is 130 Å². The Labute approximate surface area is 350 Å². The van der Waals surface area contributed by atoms with Gasteiger partial charge in [-0.2, -0.15) is 0 Å². The largest absolute Gasteiger partial charge is 0.494 e. The van der Waals surface area contributed by atoms with Crippen LogP contribution >= 0.6 is 0 Å². The third-order valence-corrected chi connectivity index (χ3v) is 8.65. The molecule has 1 aliphatic heterocycles. The lowest BCUT2D eigenvalue weighted by Crippen LogP contribution is -2.14. The molecule has 0 atom stereocenters. The molecular weight excluding hydrogens is 771 g/mol. The Morgan fingerprint density at radius 2 is 1.10 bits per heavy atom. The van der Waals surface area contributed by atoms with Crippen LogP contribution in [0.3, 0.4) is 0 Å². The number of esters is 3. The number of carbonyl (C=O) groups is 4. The Bertz CT molecular complexity index is 2010. The minimum atomic E-state index is -0.531. The molecule has 0 spiro atoms. The summed E-state index contributed by atoms with van der Waals surface area (Å²) in [5.74, 6) is 2.68. The molecule has 0 bridgehead atoms. The van der Waals surface area contributed by atoms with Gasteiger partial charge in [0.1, 0.15) is 48.8 Å². The van der Waals surface area contributed by atoms with Crippen LogP contribution in [0.2, 0.25) is 0 Å². The molecule has 316 valence electrons. The average Bonchev–Trinajstić information content (AvgIpc) is 3.29. The van der Waals surface area contributed by atoms with E-state index in [2.05, 4.69) is 18.2 Å². The summed E-state index contributed by atoms with van der Waals surface area (Å²) < 4.78 is 45.1. The van der Waals surface area contributed by atoms with Gasteiger partial charge in [-0.15, -0.1) is 0 Å². The van der Waals surface area contributed by atoms with Crippen molar-refractivity contribution in [1.29, 1.82) is 0 Å². The number of ether oxygens (including phenoxy) is 8. The molecule has 0 N–H and O–H groups in total. The summed E-state index contributed by atoms with van der Waals surface area (Å²) >= 11 is 0. The molecule has 13 heteroatoms. The Kier molecular flexibility index (Phi) is 20.0. The van der Waals surface area contributed by atoms with Gasteiger partial charge >= 0.3 is 17.9 Å². The molecule has 0 unspecified atom stereocenters. The highest BCUT2D eigenvalue weighted by Crippen LogP contribution is 2.35. The molecule has 1 aliphatic rings. The maximum Gasteiger partial charge on any atom is 0.343 e. The van der Waals surface area contributed by atoms with Crippen LogP contribution in [-0.2, 0) is 23.9 Å². The van der Waals surface area contributed by atoms with Gasteiger partial charge in [0.05, 0.1) is 37.7 Å². The monoisotopic (exact) mass is 821 g/mol. The summed E-state index contributed by atoms with van der Waals surface area (Å²) in [5.41, 5.74) is 1.58. The van der Waals surface area contributed by atoms with Crippen LogP contribution in [0.4, 0.5) is 5.69 Å². The van der Waals surface area contributed by atoms with Crippen molar-refractivity contribution < 1.29 is 57.1 Å². The molecule has 1 heterocycles. The lowest BCUT2D eigenvalue weighted by molar-refractivity contribution is -0.138. The first-order chi connectivity index (χ1) is 29.4. The maximum absolute atomic E-state index is 13.2. The summed E-state index contributed by atoms with van der Waals surface area (Å²) in [6.45, 7) is 11.6. The fourth-order valence-electron chi connectivity index (χ4n) is 5.58. The highest BCUT2D eigenvalue weighted by molar-refractivity contribution is 5.92. The van der Waals surface area contributed by atoms with Gasteiger partial charge in [-0.25, -0.2) is 14.4 Å². The zero-order chi connectivity index (χ0) is 42.8. The lowest BCUT2D eigenvalue weighted by atomic mass is 10.2. The number of nitrogens with zero attached hydrogens (tertiary/aromatic N) is 1. The van der Waals surface area contributed by atoms with E-state index in [4.69, 9.17) is 42.7 Å². The molecule has 0 saturated heterocycles. The summed E-state index contributed by atoms with van der Waals surface area (Å²) in [6, 6.07) is 24.6.